The van der Waals surface area contributed by atoms with Crippen LogP contribution in [0.3, 0.4) is 0 Å². The van der Waals surface area contributed by atoms with Crippen LogP contribution in [0.4, 0.5) is 0 Å². The quantitative estimate of drug-likeness (QED) is 0.829. The lowest BCUT2D eigenvalue weighted by Gasteiger charge is -2.10. The van der Waals surface area contributed by atoms with Gasteiger partial charge in [0.25, 0.3) is 0 Å². The minimum Gasteiger partial charge on any atom is -0.492 e. The molecule has 0 saturated heterocycles. The summed E-state index contributed by atoms with van der Waals surface area (Å²) in [6, 6.07) is 11.7. The molecule has 4 nitrogen and oxygen atoms in total. The van der Waals surface area contributed by atoms with Gasteiger partial charge in [-0.25, -0.2) is 0 Å². The Morgan fingerprint density at radius 1 is 1.24 bits per heavy atom. The minimum absolute atomic E-state index is 0.00550. The standard InChI is InChI=1S/C17H17NO3/c19-11-15-14-4-2-1-3-12(14)5-8-16(15)21-10-9-17(20)18-13-6-7-13/h1-5,8,11,13H,6-7,9-10H2,(H,18,20). The number of aldehydes is 1. The number of nitrogens with one attached hydrogen (secondary N) is 1. The van der Waals surface area contributed by atoms with Gasteiger partial charge in [-0.2, -0.15) is 0 Å². The molecule has 1 N–H and O–H groups in total. The molecular formula is C17H17NO3. The maximum absolute atomic E-state index is 11.6. The summed E-state index contributed by atoms with van der Waals surface area (Å²) < 4.78 is 5.62. The van der Waals surface area contributed by atoms with Crippen LogP contribution in [0.5, 0.6) is 5.75 Å². The highest BCUT2D eigenvalue weighted by Crippen LogP contribution is 2.26. The molecule has 0 unspecified atom stereocenters. The van der Waals surface area contributed by atoms with E-state index in [1.165, 1.54) is 0 Å². The van der Waals surface area contributed by atoms with Crippen LogP contribution < -0.4 is 10.1 Å². The van der Waals surface area contributed by atoms with Crippen LogP contribution in [0.1, 0.15) is 29.6 Å². The summed E-state index contributed by atoms with van der Waals surface area (Å²) in [4.78, 5) is 22.9. The van der Waals surface area contributed by atoms with E-state index < -0.39 is 0 Å². The molecule has 0 atom stereocenters. The second-order valence-corrected chi connectivity index (χ2v) is 5.26. The SMILES string of the molecule is O=Cc1c(OCCC(=O)NC2CC2)ccc2ccccc12. The van der Waals surface area contributed by atoms with Gasteiger partial charge in [0, 0.05) is 6.04 Å². The number of carbonyl (C=O) groups is 2. The molecule has 21 heavy (non-hydrogen) atoms. The maximum Gasteiger partial charge on any atom is 0.223 e. The van der Waals surface area contributed by atoms with E-state index in [1.807, 2.05) is 30.3 Å². The molecule has 1 saturated carbocycles. The Bertz CT molecular complexity index is 677. The van der Waals surface area contributed by atoms with Crippen molar-refractivity contribution in [2.45, 2.75) is 25.3 Å². The van der Waals surface area contributed by atoms with Crippen molar-refractivity contribution in [1.29, 1.82) is 0 Å². The molecule has 2 aromatic carbocycles. The van der Waals surface area contributed by atoms with Gasteiger partial charge in [0.15, 0.2) is 6.29 Å². The molecule has 0 aromatic heterocycles. The van der Waals surface area contributed by atoms with Gasteiger partial charge in [-0.3, -0.25) is 9.59 Å². The maximum atomic E-state index is 11.6. The molecule has 0 heterocycles. The number of ether oxygens (including phenoxy) is 1. The Morgan fingerprint density at radius 3 is 2.81 bits per heavy atom. The fourth-order valence-electron chi connectivity index (χ4n) is 2.30. The summed E-state index contributed by atoms with van der Waals surface area (Å²) in [5.41, 5.74) is 0.538. The monoisotopic (exact) mass is 283 g/mol. The largest absolute Gasteiger partial charge is 0.492 e. The average Bonchev–Trinajstić information content (AvgIpc) is 3.30. The number of benzene rings is 2. The van der Waals surface area contributed by atoms with E-state index in [9.17, 15) is 9.59 Å². The fraction of sp³-hybridized carbons (Fsp3) is 0.294. The summed E-state index contributed by atoms with van der Waals surface area (Å²) in [5.74, 6) is 0.536. The molecule has 1 amide bonds. The van der Waals surface area contributed by atoms with Crippen molar-refractivity contribution < 1.29 is 14.3 Å². The van der Waals surface area contributed by atoms with E-state index in [0.717, 1.165) is 29.9 Å². The number of hydrogen-bond acceptors (Lipinski definition) is 3. The van der Waals surface area contributed by atoms with Crippen molar-refractivity contribution in [3.63, 3.8) is 0 Å². The second-order valence-electron chi connectivity index (χ2n) is 5.26. The lowest BCUT2D eigenvalue weighted by molar-refractivity contribution is -0.121. The van der Waals surface area contributed by atoms with E-state index in [4.69, 9.17) is 4.74 Å². The third kappa shape index (κ3) is 3.21. The van der Waals surface area contributed by atoms with Gasteiger partial charge in [0.05, 0.1) is 18.6 Å². The van der Waals surface area contributed by atoms with E-state index in [0.29, 0.717) is 23.8 Å². The minimum atomic E-state index is 0.00550. The van der Waals surface area contributed by atoms with Crippen molar-refractivity contribution in [2.75, 3.05) is 6.61 Å². The molecule has 0 bridgehead atoms. The van der Waals surface area contributed by atoms with E-state index in [1.54, 1.807) is 6.07 Å². The summed E-state index contributed by atoms with van der Waals surface area (Å²) in [5, 5.41) is 4.78. The molecule has 4 heteroatoms. The zero-order valence-electron chi connectivity index (χ0n) is 11.7. The Labute approximate surface area is 123 Å². The summed E-state index contributed by atoms with van der Waals surface area (Å²) >= 11 is 0. The summed E-state index contributed by atoms with van der Waals surface area (Å²) in [7, 11) is 0. The smallest absolute Gasteiger partial charge is 0.223 e. The summed E-state index contributed by atoms with van der Waals surface area (Å²) in [6.07, 6.45) is 3.27. The Morgan fingerprint density at radius 2 is 2.05 bits per heavy atom. The average molecular weight is 283 g/mol. The van der Waals surface area contributed by atoms with Crippen molar-refractivity contribution in [1.82, 2.24) is 5.32 Å². The molecule has 0 aliphatic heterocycles. The number of hydrogen-bond donors (Lipinski definition) is 1. The Hall–Kier alpha value is -2.36. The van der Waals surface area contributed by atoms with Gasteiger partial charge in [0.2, 0.25) is 5.91 Å². The lowest BCUT2D eigenvalue weighted by atomic mass is 10.0. The van der Waals surface area contributed by atoms with Crippen molar-refractivity contribution in [3.8, 4) is 5.75 Å². The van der Waals surface area contributed by atoms with Crippen LogP contribution in [-0.2, 0) is 4.79 Å². The molecule has 108 valence electrons. The third-order valence-corrected chi connectivity index (χ3v) is 3.58. The van der Waals surface area contributed by atoms with E-state index in [-0.39, 0.29) is 12.5 Å². The number of carbonyl (C=O) groups excluding carboxylic acids is 2. The predicted octanol–water partition coefficient (Wildman–Crippen LogP) is 2.70. The van der Waals surface area contributed by atoms with Crippen LogP contribution in [-0.4, -0.2) is 24.8 Å². The van der Waals surface area contributed by atoms with Gasteiger partial charge < -0.3 is 10.1 Å². The van der Waals surface area contributed by atoms with Gasteiger partial charge in [-0.15, -0.1) is 0 Å². The van der Waals surface area contributed by atoms with Crippen LogP contribution in [0, 0.1) is 0 Å². The number of fused-ring (bicyclic) bond motifs is 1. The second kappa shape index (κ2) is 5.95. The van der Waals surface area contributed by atoms with Crippen LogP contribution in [0.2, 0.25) is 0 Å². The van der Waals surface area contributed by atoms with Gasteiger partial charge in [0.1, 0.15) is 5.75 Å². The highest BCUT2D eigenvalue weighted by Gasteiger charge is 2.22. The molecule has 0 radical (unpaired) electrons. The van der Waals surface area contributed by atoms with Crippen LogP contribution >= 0.6 is 0 Å². The first kappa shape index (κ1) is 13.6. The molecule has 1 aliphatic carbocycles. The predicted molar refractivity (Wildman–Crippen MR) is 80.6 cm³/mol. The van der Waals surface area contributed by atoms with Crippen molar-refractivity contribution in [3.05, 3.63) is 42.0 Å². The first-order chi connectivity index (χ1) is 10.3. The number of amides is 1. The molecule has 3 rings (SSSR count). The van der Waals surface area contributed by atoms with Crippen molar-refractivity contribution in [2.24, 2.45) is 0 Å². The third-order valence-electron chi connectivity index (χ3n) is 3.58. The zero-order valence-corrected chi connectivity index (χ0v) is 11.7. The fourth-order valence-corrected chi connectivity index (χ4v) is 2.30. The first-order valence-electron chi connectivity index (χ1n) is 7.17. The molecule has 1 aliphatic rings. The Kier molecular flexibility index (Phi) is 3.86. The first-order valence-corrected chi connectivity index (χ1v) is 7.17. The summed E-state index contributed by atoms with van der Waals surface area (Å²) in [6.45, 7) is 0.276. The molecule has 2 aromatic rings. The van der Waals surface area contributed by atoms with Gasteiger partial charge in [-0.05, 0) is 29.7 Å². The normalized spacial score (nSPS) is 13.9. The molecule has 0 spiro atoms. The lowest BCUT2D eigenvalue weighted by Crippen LogP contribution is -2.26. The van der Waals surface area contributed by atoms with Gasteiger partial charge >= 0.3 is 0 Å². The van der Waals surface area contributed by atoms with E-state index in [2.05, 4.69) is 5.32 Å². The van der Waals surface area contributed by atoms with Gasteiger partial charge in [-0.1, -0.05) is 30.3 Å². The molecule has 1 fully saturated rings. The van der Waals surface area contributed by atoms with Crippen LogP contribution in [0.25, 0.3) is 10.8 Å². The highest BCUT2D eigenvalue weighted by atomic mass is 16.5. The highest BCUT2D eigenvalue weighted by molar-refractivity contribution is 6.00. The topological polar surface area (TPSA) is 55.4 Å². The van der Waals surface area contributed by atoms with E-state index >= 15 is 0 Å². The number of rotatable bonds is 6. The zero-order chi connectivity index (χ0) is 14.7. The molecular weight excluding hydrogens is 266 g/mol. The van der Waals surface area contributed by atoms with Crippen molar-refractivity contribution >= 4 is 23.0 Å². The Balaban J connectivity index is 1.68. The van der Waals surface area contributed by atoms with Crippen LogP contribution in [0.15, 0.2) is 36.4 Å².